The van der Waals surface area contributed by atoms with Gasteiger partial charge in [0.15, 0.2) is 0 Å². The van der Waals surface area contributed by atoms with Crippen molar-refractivity contribution in [2.45, 2.75) is 49.5 Å². The molecule has 3 rings (SSSR count). The molecule has 4 atom stereocenters. The van der Waals surface area contributed by atoms with Gasteiger partial charge in [0.05, 0.1) is 17.8 Å². The molecule has 1 aliphatic rings. The fraction of sp³-hybridized carbons (Fsp3) is 0.421. The van der Waals surface area contributed by atoms with Gasteiger partial charge in [0.1, 0.15) is 5.69 Å². The predicted molar refractivity (Wildman–Crippen MR) is 90.7 cm³/mol. The maximum atomic E-state index is 12.8. The fourth-order valence-corrected chi connectivity index (χ4v) is 3.52. The second-order valence-corrected chi connectivity index (χ2v) is 6.98. The van der Waals surface area contributed by atoms with Gasteiger partial charge in [-0.25, -0.2) is 0 Å². The van der Waals surface area contributed by atoms with Crippen LogP contribution in [0.5, 0.6) is 0 Å². The van der Waals surface area contributed by atoms with Gasteiger partial charge in [-0.3, -0.25) is 4.98 Å². The number of aliphatic hydroxyl groups excluding tert-OH is 2. The minimum Gasteiger partial charge on any atom is -0.390 e. The van der Waals surface area contributed by atoms with E-state index in [1.165, 1.54) is 18.2 Å². The highest BCUT2D eigenvalue weighted by molar-refractivity contribution is 5.27. The Kier molecular flexibility index (Phi) is 5.88. The molecule has 1 fully saturated rings. The van der Waals surface area contributed by atoms with Crippen LogP contribution in [0.1, 0.15) is 34.7 Å². The molecular formula is C19H18F6N2O2. The molecular weight excluding hydrogens is 402 g/mol. The zero-order valence-corrected chi connectivity index (χ0v) is 14.9. The smallest absolute Gasteiger partial charge is 0.390 e. The van der Waals surface area contributed by atoms with Gasteiger partial charge >= 0.3 is 12.4 Å². The molecule has 0 aliphatic heterocycles. The highest BCUT2D eigenvalue weighted by Gasteiger charge is 2.42. The summed E-state index contributed by atoms with van der Waals surface area (Å²) < 4.78 is 76.6. The monoisotopic (exact) mass is 420 g/mol. The summed E-state index contributed by atoms with van der Waals surface area (Å²) in [6, 6.07) is 5.93. The van der Waals surface area contributed by atoms with Crippen LogP contribution in [0, 0.1) is 0 Å². The molecule has 1 aromatic heterocycles. The Hall–Kier alpha value is -2.17. The summed E-state index contributed by atoms with van der Waals surface area (Å²) in [7, 11) is 0. The van der Waals surface area contributed by atoms with Crippen molar-refractivity contribution in [1.29, 1.82) is 0 Å². The van der Waals surface area contributed by atoms with Crippen molar-refractivity contribution in [3.8, 4) is 0 Å². The number of hydrogen-bond donors (Lipinski definition) is 3. The van der Waals surface area contributed by atoms with E-state index in [1.54, 1.807) is 0 Å². The molecule has 1 heterocycles. The summed E-state index contributed by atoms with van der Waals surface area (Å²) in [4.78, 5) is 3.39. The third-order valence-electron chi connectivity index (χ3n) is 4.99. The number of benzene rings is 1. The van der Waals surface area contributed by atoms with E-state index in [1.807, 2.05) is 0 Å². The summed E-state index contributed by atoms with van der Waals surface area (Å²) in [5, 5.41) is 23.2. The summed E-state index contributed by atoms with van der Waals surface area (Å²) in [5.41, 5.74) is -1.17. The minimum absolute atomic E-state index is 0.0249. The largest absolute Gasteiger partial charge is 0.433 e. The molecule has 0 amide bonds. The molecule has 3 N–H and O–H groups in total. The molecule has 0 bridgehead atoms. The van der Waals surface area contributed by atoms with Gasteiger partial charge < -0.3 is 15.5 Å². The van der Waals surface area contributed by atoms with E-state index in [0.29, 0.717) is 11.1 Å². The topological polar surface area (TPSA) is 65.4 Å². The number of nitrogens with zero attached hydrogens (tertiary/aromatic N) is 1. The third kappa shape index (κ3) is 4.88. The quantitative estimate of drug-likeness (QED) is 0.663. The number of pyridine rings is 1. The fourth-order valence-electron chi connectivity index (χ4n) is 3.52. The van der Waals surface area contributed by atoms with Gasteiger partial charge in [-0.2, -0.15) is 26.3 Å². The van der Waals surface area contributed by atoms with Crippen molar-refractivity contribution >= 4 is 0 Å². The van der Waals surface area contributed by atoms with Gasteiger partial charge in [-0.1, -0.05) is 24.3 Å². The Morgan fingerprint density at radius 1 is 1.00 bits per heavy atom. The highest BCUT2D eigenvalue weighted by Crippen LogP contribution is 2.37. The van der Waals surface area contributed by atoms with Crippen molar-refractivity contribution in [2.24, 2.45) is 0 Å². The zero-order valence-electron chi connectivity index (χ0n) is 14.9. The minimum atomic E-state index is -4.59. The second kappa shape index (κ2) is 7.92. The third-order valence-corrected chi connectivity index (χ3v) is 4.99. The number of nitrogens with one attached hydrogen (secondary N) is 1. The maximum Gasteiger partial charge on any atom is 0.433 e. The van der Waals surface area contributed by atoms with E-state index < -0.39 is 47.8 Å². The first-order valence-corrected chi connectivity index (χ1v) is 8.75. The normalized spacial score (nSPS) is 25.4. The van der Waals surface area contributed by atoms with Crippen LogP contribution in [0.25, 0.3) is 0 Å². The molecule has 1 aromatic carbocycles. The van der Waals surface area contributed by atoms with Gasteiger partial charge in [0, 0.05) is 24.7 Å². The molecule has 0 spiro atoms. The first-order chi connectivity index (χ1) is 13.5. The standard InChI is InChI=1S/C19H18F6N2O2/c20-18(21,22)12-3-1-2-10(6-12)8-27-16-13(7-14(28)17(16)29)11-4-5-15(26-9-11)19(23,24)25/h1-6,9,13-14,16-17,27-29H,7-8H2/t13-,14-,16-,17-/m1/s1. The molecule has 1 aliphatic carbocycles. The zero-order chi connectivity index (χ0) is 21.4. The van der Waals surface area contributed by atoms with Crippen LogP contribution < -0.4 is 5.32 Å². The number of rotatable bonds is 4. The molecule has 10 heteroatoms. The Balaban J connectivity index is 1.76. The van der Waals surface area contributed by atoms with E-state index in [0.717, 1.165) is 24.4 Å². The van der Waals surface area contributed by atoms with Gasteiger partial charge in [0.2, 0.25) is 0 Å². The number of aromatic nitrogens is 1. The van der Waals surface area contributed by atoms with E-state index in [2.05, 4.69) is 10.3 Å². The predicted octanol–water partition coefficient (Wildman–Crippen LogP) is 3.49. The lowest BCUT2D eigenvalue weighted by Crippen LogP contribution is -2.42. The maximum absolute atomic E-state index is 12.8. The average Bonchev–Trinajstić information content (AvgIpc) is 2.93. The lowest BCUT2D eigenvalue weighted by atomic mass is 9.94. The highest BCUT2D eigenvalue weighted by atomic mass is 19.4. The summed E-state index contributed by atoms with van der Waals surface area (Å²) in [5.74, 6) is -0.555. The molecule has 0 unspecified atom stereocenters. The van der Waals surface area contributed by atoms with Crippen LogP contribution in [0.15, 0.2) is 42.6 Å². The van der Waals surface area contributed by atoms with E-state index in [9.17, 15) is 36.6 Å². The molecule has 29 heavy (non-hydrogen) atoms. The number of alkyl halides is 6. The Morgan fingerprint density at radius 2 is 1.72 bits per heavy atom. The van der Waals surface area contributed by atoms with Crippen molar-refractivity contribution in [3.63, 3.8) is 0 Å². The summed E-state index contributed by atoms with van der Waals surface area (Å²) in [6.07, 6.45) is -10.3. The van der Waals surface area contributed by atoms with Crippen LogP contribution in [-0.4, -0.2) is 33.4 Å². The van der Waals surface area contributed by atoms with Crippen LogP contribution in [0.3, 0.4) is 0 Å². The Morgan fingerprint density at radius 3 is 2.31 bits per heavy atom. The van der Waals surface area contributed by atoms with Crippen molar-refractivity contribution in [1.82, 2.24) is 10.3 Å². The van der Waals surface area contributed by atoms with E-state index in [4.69, 9.17) is 0 Å². The average molecular weight is 420 g/mol. The summed E-state index contributed by atoms with van der Waals surface area (Å²) >= 11 is 0. The molecule has 158 valence electrons. The molecule has 1 saturated carbocycles. The molecule has 0 saturated heterocycles. The van der Waals surface area contributed by atoms with Crippen molar-refractivity contribution in [3.05, 3.63) is 65.0 Å². The van der Waals surface area contributed by atoms with Crippen LogP contribution in [0.2, 0.25) is 0 Å². The molecule has 2 aromatic rings. The molecule has 0 radical (unpaired) electrons. The lowest BCUT2D eigenvalue weighted by molar-refractivity contribution is -0.141. The van der Waals surface area contributed by atoms with E-state index in [-0.39, 0.29) is 13.0 Å². The van der Waals surface area contributed by atoms with Crippen LogP contribution >= 0.6 is 0 Å². The van der Waals surface area contributed by atoms with Gasteiger partial charge in [0.25, 0.3) is 0 Å². The first kappa shape index (κ1) is 21.5. The first-order valence-electron chi connectivity index (χ1n) is 8.75. The molecule has 4 nitrogen and oxygen atoms in total. The van der Waals surface area contributed by atoms with Crippen molar-refractivity contribution in [2.75, 3.05) is 0 Å². The second-order valence-electron chi connectivity index (χ2n) is 6.98. The number of hydrogen-bond acceptors (Lipinski definition) is 4. The van der Waals surface area contributed by atoms with Crippen LogP contribution in [-0.2, 0) is 18.9 Å². The van der Waals surface area contributed by atoms with Gasteiger partial charge in [-0.15, -0.1) is 0 Å². The number of aliphatic hydroxyl groups is 2. The number of halogens is 6. The van der Waals surface area contributed by atoms with Crippen LogP contribution in [0.4, 0.5) is 26.3 Å². The Labute approximate surface area is 162 Å². The summed E-state index contributed by atoms with van der Waals surface area (Å²) in [6.45, 7) is -0.0249. The van der Waals surface area contributed by atoms with E-state index >= 15 is 0 Å². The Bertz CT molecular complexity index is 838. The lowest BCUT2D eigenvalue weighted by Gasteiger charge is -2.24. The SMILES string of the molecule is O[C@H]1[C@H](NCc2cccc(C(F)(F)F)c2)[C@@H](c2ccc(C(F)(F)F)nc2)C[C@H]1O. The van der Waals surface area contributed by atoms with Crippen molar-refractivity contribution < 1.29 is 36.6 Å². The van der Waals surface area contributed by atoms with Gasteiger partial charge in [-0.05, 0) is 29.7 Å².